The van der Waals surface area contributed by atoms with Gasteiger partial charge in [0.05, 0.1) is 5.54 Å². The van der Waals surface area contributed by atoms with E-state index in [0.29, 0.717) is 6.54 Å². The van der Waals surface area contributed by atoms with Gasteiger partial charge in [-0.2, -0.15) is 0 Å². The average molecular weight is 225 g/mol. The quantitative estimate of drug-likeness (QED) is 0.534. The van der Waals surface area contributed by atoms with Gasteiger partial charge >= 0.3 is 5.69 Å². The van der Waals surface area contributed by atoms with Crippen LogP contribution in [-0.4, -0.2) is 27.3 Å². The second-order valence-corrected chi connectivity index (χ2v) is 4.17. The van der Waals surface area contributed by atoms with Crippen LogP contribution in [0.1, 0.15) is 25.7 Å². The molecule has 7 heteroatoms. The number of hydrogen-bond acceptors (Lipinski definition) is 5. The van der Waals surface area contributed by atoms with E-state index >= 15 is 0 Å². The Balaban J connectivity index is 2.26. The Morgan fingerprint density at radius 2 is 2.06 bits per heavy atom. The highest BCUT2D eigenvalue weighted by Crippen LogP contribution is 2.30. The first-order valence-corrected chi connectivity index (χ1v) is 5.32. The maximum absolute atomic E-state index is 11.4. The van der Waals surface area contributed by atoms with E-state index in [1.807, 2.05) is 0 Å². The fourth-order valence-electron chi connectivity index (χ4n) is 2.12. The molecule has 0 amide bonds. The third-order valence-electron chi connectivity index (χ3n) is 3.05. The minimum Gasteiger partial charge on any atom is -0.357 e. The number of nitrogens with zero attached hydrogens (tertiary/aromatic N) is 1. The number of hydrogen-bond donors (Lipinski definition) is 4. The maximum Gasteiger partial charge on any atom is 0.342 e. The van der Waals surface area contributed by atoms with Crippen molar-refractivity contribution >= 4 is 5.82 Å². The van der Waals surface area contributed by atoms with E-state index in [2.05, 4.69) is 20.5 Å². The summed E-state index contributed by atoms with van der Waals surface area (Å²) in [6.07, 6.45) is 4.02. The lowest BCUT2D eigenvalue weighted by molar-refractivity contribution is 0.489. The Kier molecular flexibility index (Phi) is 2.78. The zero-order valence-electron chi connectivity index (χ0n) is 8.88. The first-order chi connectivity index (χ1) is 7.65. The molecular weight excluding hydrogens is 210 g/mol. The summed E-state index contributed by atoms with van der Waals surface area (Å²) >= 11 is 0. The zero-order valence-corrected chi connectivity index (χ0v) is 8.88. The van der Waals surface area contributed by atoms with Crippen LogP contribution in [0.2, 0.25) is 0 Å². The van der Waals surface area contributed by atoms with Crippen molar-refractivity contribution in [2.24, 2.45) is 5.73 Å². The van der Waals surface area contributed by atoms with Crippen LogP contribution >= 0.6 is 0 Å². The van der Waals surface area contributed by atoms with Gasteiger partial charge in [-0.1, -0.05) is 12.8 Å². The molecular formula is C9H15N5O2. The molecule has 1 heterocycles. The number of nitrogens with two attached hydrogens (primary N) is 1. The minimum atomic E-state index is -0.608. The van der Waals surface area contributed by atoms with E-state index in [-0.39, 0.29) is 11.4 Å². The van der Waals surface area contributed by atoms with Gasteiger partial charge in [0.15, 0.2) is 0 Å². The maximum atomic E-state index is 11.4. The lowest BCUT2D eigenvalue weighted by Gasteiger charge is -2.28. The summed E-state index contributed by atoms with van der Waals surface area (Å²) in [5.74, 6) is 0.131. The Labute approximate surface area is 91.5 Å². The van der Waals surface area contributed by atoms with Crippen molar-refractivity contribution in [3.8, 4) is 0 Å². The number of anilines is 1. The molecule has 0 atom stereocenters. The zero-order chi connectivity index (χ0) is 11.6. The Morgan fingerprint density at radius 1 is 1.38 bits per heavy atom. The Morgan fingerprint density at radius 3 is 2.62 bits per heavy atom. The van der Waals surface area contributed by atoms with Gasteiger partial charge in [-0.05, 0) is 12.8 Å². The summed E-state index contributed by atoms with van der Waals surface area (Å²) in [6.45, 7) is 0.452. The molecule has 1 aliphatic carbocycles. The molecule has 5 N–H and O–H groups in total. The molecule has 1 fully saturated rings. The Bertz CT molecular complexity index is 471. The number of aromatic amines is 2. The van der Waals surface area contributed by atoms with Crippen molar-refractivity contribution in [1.82, 2.24) is 15.2 Å². The van der Waals surface area contributed by atoms with Crippen LogP contribution in [0.25, 0.3) is 0 Å². The monoisotopic (exact) mass is 225 g/mol. The van der Waals surface area contributed by atoms with Gasteiger partial charge in [0, 0.05) is 6.54 Å². The highest BCUT2D eigenvalue weighted by Gasteiger charge is 2.33. The summed E-state index contributed by atoms with van der Waals surface area (Å²) in [6, 6.07) is 0. The molecule has 2 rings (SSSR count). The lowest BCUT2D eigenvalue weighted by atomic mass is 9.98. The van der Waals surface area contributed by atoms with Crippen molar-refractivity contribution in [3.63, 3.8) is 0 Å². The summed E-state index contributed by atoms with van der Waals surface area (Å²) < 4.78 is 0. The third-order valence-corrected chi connectivity index (χ3v) is 3.05. The topological polar surface area (TPSA) is 117 Å². The van der Waals surface area contributed by atoms with Gasteiger partial charge in [0.1, 0.15) is 0 Å². The fourth-order valence-corrected chi connectivity index (χ4v) is 2.12. The van der Waals surface area contributed by atoms with E-state index in [1.165, 1.54) is 0 Å². The van der Waals surface area contributed by atoms with Crippen LogP contribution in [0.5, 0.6) is 0 Å². The van der Waals surface area contributed by atoms with Crippen LogP contribution in [-0.2, 0) is 0 Å². The van der Waals surface area contributed by atoms with Crippen molar-refractivity contribution in [2.45, 2.75) is 31.2 Å². The van der Waals surface area contributed by atoms with Crippen molar-refractivity contribution in [3.05, 3.63) is 20.8 Å². The molecule has 1 aromatic rings. The normalized spacial score (nSPS) is 18.6. The molecule has 0 spiro atoms. The van der Waals surface area contributed by atoms with E-state index in [1.54, 1.807) is 0 Å². The highest BCUT2D eigenvalue weighted by molar-refractivity contribution is 5.34. The molecule has 1 aromatic heterocycles. The van der Waals surface area contributed by atoms with E-state index in [4.69, 9.17) is 5.73 Å². The van der Waals surface area contributed by atoms with Crippen LogP contribution < -0.4 is 22.3 Å². The molecule has 0 saturated heterocycles. The van der Waals surface area contributed by atoms with E-state index in [9.17, 15) is 9.59 Å². The van der Waals surface area contributed by atoms with Crippen LogP contribution in [0, 0.1) is 0 Å². The van der Waals surface area contributed by atoms with Crippen molar-refractivity contribution in [2.75, 3.05) is 11.9 Å². The fraction of sp³-hybridized carbons (Fsp3) is 0.667. The number of H-pyrrole nitrogens is 2. The van der Waals surface area contributed by atoms with Crippen molar-refractivity contribution in [1.29, 1.82) is 0 Å². The standard InChI is InChI=1S/C9H15N5O2/c10-5-9(3-1-2-4-9)12-6-7(15)11-8(16)14-13-6/h1-5,10H2,(H,12,13)(H2,11,14,15,16). The molecule has 0 radical (unpaired) electrons. The first-order valence-electron chi connectivity index (χ1n) is 5.32. The highest BCUT2D eigenvalue weighted by atomic mass is 16.2. The van der Waals surface area contributed by atoms with Gasteiger partial charge in [-0.25, -0.2) is 9.89 Å². The van der Waals surface area contributed by atoms with E-state index in [0.717, 1.165) is 25.7 Å². The molecule has 16 heavy (non-hydrogen) atoms. The SMILES string of the molecule is NCC1(Nc2n[nH]c(=O)[nH]c2=O)CCCC1. The molecule has 0 aliphatic heterocycles. The molecule has 1 saturated carbocycles. The minimum absolute atomic E-state index is 0.131. The lowest BCUT2D eigenvalue weighted by Crippen LogP contribution is -2.45. The second kappa shape index (κ2) is 4.09. The van der Waals surface area contributed by atoms with Crippen LogP contribution in [0.15, 0.2) is 9.59 Å². The van der Waals surface area contributed by atoms with Gasteiger partial charge in [0.25, 0.3) is 5.56 Å². The van der Waals surface area contributed by atoms with Crippen LogP contribution in [0.3, 0.4) is 0 Å². The molecule has 0 bridgehead atoms. The summed E-state index contributed by atoms with van der Waals surface area (Å²) in [7, 11) is 0. The second-order valence-electron chi connectivity index (χ2n) is 4.17. The summed E-state index contributed by atoms with van der Waals surface area (Å²) in [4.78, 5) is 24.4. The Hall–Kier alpha value is -1.63. The van der Waals surface area contributed by atoms with E-state index < -0.39 is 11.2 Å². The predicted molar refractivity (Wildman–Crippen MR) is 59.4 cm³/mol. The number of rotatable bonds is 3. The van der Waals surface area contributed by atoms with Gasteiger partial charge in [-0.15, -0.1) is 5.10 Å². The predicted octanol–water partition coefficient (Wildman–Crippen LogP) is -0.858. The van der Waals surface area contributed by atoms with Crippen LogP contribution in [0.4, 0.5) is 5.82 Å². The molecule has 88 valence electrons. The first kappa shape index (κ1) is 10.9. The number of aromatic nitrogens is 3. The third kappa shape index (κ3) is 1.99. The largest absolute Gasteiger partial charge is 0.357 e. The number of nitrogens with one attached hydrogen (secondary N) is 3. The molecule has 1 aliphatic rings. The van der Waals surface area contributed by atoms with Gasteiger partial charge < -0.3 is 11.1 Å². The van der Waals surface area contributed by atoms with Gasteiger partial charge in [0.2, 0.25) is 5.82 Å². The molecule has 0 aromatic carbocycles. The average Bonchev–Trinajstić information content (AvgIpc) is 2.72. The van der Waals surface area contributed by atoms with Gasteiger partial charge in [-0.3, -0.25) is 9.78 Å². The smallest absolute Gasteiger partial charge is 0.342 e. The summed E-state index contributed by atoms with van der Waals surface area (Å²) in [5, 5.41) is 8.93. The molecule has 7 nitrogen and oxygen atoms in total. The van der Waals surface area contributed by atoms with Crippen molar-refractivity contribution < 1.29 is 0 Å². The molecule has 0 unspecified atom stereocenters. The summed E-state index contributed by atoms with van der Waals surface area (Å²) in [5.41, 5.74) is 4.35.